The summed E-state index contributed by atoms with van der Waals surface area (Å²) in [5.41, 5.74) is 2.46. The topological polar surface area (TPSA) is 26.3 Å². The van der Waals surface area contributed by atoms with Gasteiger partial charge in [-0.05, 0) is 60.8 Å². The number of carbonyl (C=O) groups excluding carboxylic acids is 1. The Bertz CT molecular complexity index is 531. The summed E-state index contributed by atoms with van der Waals surface area (Å²) in [6, 6.07) is 5.97. The number of ether oxygens (including phenoxy) is 1. The van der Waals surface area contributed by atoms with Crippen LogP contribution in [0.5, 0.6) is 5.75 Å². The largest absolute Gasteiger partial charge is 0.493 e. The molecule has 0 radical (unpaired) electrons. The number of ketones is 1. The summed E-state index contributed by atoms with van der Waals surface area (Å²) in [7, 11) is 0. The lowest BCUT2D eigenvalue weighted by molar-refractivity contribution is 0.0819. The van der Waals surface area contributed by atoms with Gasteiger partial charge in [-0.1, -0.05) is 20.8 Å². The van der Waals surface area contributed by atoms with Gasteiger partial charge in [0.15, 0.2) is 5.78 Å². The van der Waals surface area contributed by atoms with Crippen molar-refractivity contribution >= 4 is 5.78 Å². The standard InChI is InChI=1S/C19H26O2/c1-19(2,3)16-7-4-13(5-8-16)18(20)15-6-9-17-14(12-15)10-11-21-17/h6,9,12-13,16H,4-5,7-8,10-11H2,1-3H3. The second-order valence-electron chi connectivity index (χ2n) is 7.70. The molecule has 0 amide bonds. The zero-order valence-electron chi connectivity index (χ0n) is 13.4. The van der Waals surface area contributed by atoms with Crippen molar-refractivity contribution in [3.63, 3.8) is 0 Å². The predicted octanol–water partition coefficient (Wildman–Crippen LogP) is 4.66. The number of fused-ring (bicyclic) bond motifs is 1. The molecule has 114 valence electrons. The van der Waals surface area contributed by atoms with Crippen LogP contribution in [0.3, 0.4) is 0 Å². The maximum atomic E-state index is 12.7. The maximum Gasteiger partial charge on any atom is 0.165 e. The first-order chi connectivity index (χ1) is 9.95. The summed E-state index contributed by atoms with van der Waals surface area (Å²) >= 11 is 0. The summed E-state index contributed by atoms with van der Waals surface area (Å²) in [6.45, 7) is 7.71. The van der Waals surface area contributed by atoms with E-state index in [1.54, 1.807) is 0 Å². The summed E-state index contributed by atoms with van der Waals surface area (Å²) in [5, 5.41) is 0. The van der Waals surface area contributed by atoms with Crippen LogP contribution in [0, 0.1) is 17.3 Å². The molecule has 0 bridgehead atoms. The monoisotopic (exact) mass is 286 g/mol. The third-order valence-corrected chi connectivity index (χ3v) is 5.30. The quantitative estimate of drug-likeness (QED) is 0.739. The SMILES string of the molecule is CC(C)(C)C1CCC(C(=O)c2ccc3c(c2)CCO3)CC1. The van der Waals surface area contributed by atoms with E-state index >= 15 is 0 Å². The fourth-order valence-corrected chi connectivity index (χ4v) is 3.80. The Kier molecular flexibility index (Phi) is 3.81. The van der Waals surface area contributed by atoms with Crippen LogP contribution in [0.15, 0.2) is 18.2 Å². The summed E-state index contributed by atoms with van der Waals surface area (Å²) < 4.78 is 5.52. The first-order valence-corrected chi connectivity index (χ1v) is 8.25. The molecule has 1 aromatic rings. The molecule has 2 heteroatoms. The maximum absolute atomic E-state index is 12.7. The van der Waals surface area contributed by atoms with Gasteiger partial charge in [-0.3, -0.25) is 4.79 Å². The molecule has 1 saturated carbocycles. The molecule has 1 aromatic carbocycles. The molecule has 1 aliphatic carbocycles. The highest BCUT2D eigenvalue weighted by atomic mass is 16.5. The van der Waals surface area contributed by atoms with E-state index in [0.717, 1.165) is 43.1 Å². The molecule has 3 rings (SSSR count). The Balaban J connectivity index is 1.67. The zero-order chi connectivity index (χ0) is 15.0. The average molecular weight is 286 g/mol. The van der Waals surface area contributed by atoms with Crippen molar-refractivity contribution in [3.8, 4) is 5.75 Å². The third kappa shape index (κ3) is 3.00. The van der Waals surface area contributed by atoms with Gasteiger partial charge in [-0.25, -0.2) is 0 Å². The molecule has 0 saturated heterocycles. The van der Waals surface area contributed by atoms with Gasteiger partial charge in [-0.2, -0.15) is 0 Å². The molecule has 2 aliphatic rings. The molecular weight excluding hydrogens is 260 g/mol. The van der Waals surface area contributed by atoms with Crippen LogP contribution in [0.2, 0.25) is 0 Å². The average Bonchev–Trinajstić information content (AvgIpc) is 2.93. The fraction of sp³-hybridized carbons (Fsp3) is 0.632. The minimum Gasteiger partial charge on any atom is -0.493 e. The first-order valence-electron chi connectivity index (χ1n) is 8.25. The Hall–Kier alpha value is -1.31. The molecule has 0 unspecified atom stereocenters. The van der Waals surface area contributed by atoms with E-state index in [2.05, 4.69) is 26.8 Å². The van der Waals surface area contributed by atoms with Crippen molar-refractivity contribution in [2.75, 3.05) is 6.61 Å². The number of carbonyl (C=O) groups is 1. The number of rotatable bonds is 2. The highest BCUT2D eigenvalue weighted by Gasteiger charge is 2.32. The van der Waals surface area contributed by atoms with E-state index in [1.165, 1.54) is 18.4 Å². The van der Waals surface area contributed by atoms with Crippen LogP contribution >= 0.6 is 0 Å². The lowest BCUT2D eigenvalue weighted by Gasteiger charge is -2.36. The molecule has 2 nitrogen and oxygen atoms in total. The number of Topliss-reactive ketones (excluding diaryl/α,β-unsaturated/α-hetero) is 1. The third-order valence-electron chi connectivity index (χ3n) is 5.30. The number of hydrogen-bond donors (Lipinski definition) is 0. The highest BCUT2D eigenvalue weighted by Crippen LogP contribution is 2.40. The van der Waals surface area contributed by atoms with Crippen molar-refractivity contribution < 1.29 is 9.53 Å². The van der Waals surface area contributed by atoms with E-state index in [0.29, 0.717) is 11.2 Å². The Labute approximate surface area is 127 Å². The van der Waals surface area contributed by atoms with Crippen LogP contribution in [0.4, 0.5) is 0 Å². The smallest absolute Gasteiger partial charge is 0.165 e. The minimum absolute atomic E-state index is 0.226. The molecule has 1 fully saturated rings. The van der Waals surface area contributed by atoms with Gasteiger partial charge in [0.05, 0.1) is 6.61 Å². The summed E-state index contributed by atoms with van der Waals surface area (Å²) in [5.74, 6) is 2.29. The van der Waals surface area contributed by atoms with Gasteiger partial charge in [0, 0.05) is 17.9 Å². The zero-order valence-corrected chi connectivity index (χ0v) is 13.4. The Morgan fingerprint density at radius 1 is 1.14 bits per heavy atom. The van der Waals surface area contributed by atoms with Crippen LogP contribution in [-0.4, -0.2) is 12.4 Å². The second-order valence-corrected chi connectivity index (χ2v) is 7.70. The summed E-state index contributed by atoms with van der Waals surface area (Å²) in [4.78, 5) is 12.7. The van der Waals surface area contributed by atoms with Gasteiger partial charge < -0.3 is 4.74 Å². The van der Waals surface area contributed by atoms with Crippen molar-refractivity contribution in [1.29, 1.82) is 0 Å². The van der Waals surface area contributed by atoms with Crippen molar-refractivity contribution in [2.45, 2.75) is 52.9 Å². The minimum atomic E-state index is 0.226. The molecule has 1 aliphatic heterocycles. The van der Waals surface area contributed by atoms with Gasteiger partial charge in [0.1, 0.15) is 5.75 Å². The normalized spacial score (nSPS) is 25.3. The van der Waals surface area contributed by atoms with Crippen LogP contribution < -0.4 is 4.74 Å². The summed E-state index contributed by atoms with van der Waals surface area (Å²) in [6.07, 6.45) is 5.41. The van der Waals surface area contributed by atoms with Gasteiger partial charge in [0.2, 0.25) is 0 Å². The molecule has 0 atom stereocenters. The van der Waals surface area contributed by atoms with E-state index < -0.39 is 0 Å². The molecule has 0 aromatic heterocycles. The fourth-order valence-electron chi connectivity index (χ4n) is 3.80. The number of hydrogen-bond acceptors (Lipinski definition) is 2. The van der Waals surface area contributed by atoms with Gasteiger partial charge in [-0.15, -0.1) is 0 Å². The van der Waals surface area contributed by atoms with Crippen molar-refractivity contribution in [2.24, 2.45) is 17.3 Å². The highest BCUT2D eigenvalue weighted by molar-refractivity contribution is 5.98. The van der Waals surface area contributed by atoms with Gasteiger partial charge in [0.25, 0.3) is 0 Å². The Morgan fingerprint density at radius 2 is 1.86 bits per heavy atom. The van der Waals surface area contributed by atoms with Crippen LogP contribution in [-0.2, 0) is 6.42 Å². The lowest BCUT2D eigenvalue weighted by Crippen LogP contribution is -2.28. The Morgan fingerprint density at radius 3 is 2.52 bits per heavy atom. The second kappa shape index (κ2) is 5.47. The van der Waals surface area contributed by atoms with E-state index in [4.69, 9.17) is 4.74 Å². The van der Waals surface area contributed by atoms with Crippen LogP contribution in [0.1, 0.15) is 62.4 Å². The predicted molar refractivity (Wildman–Crippen MR) is 84.9 cm³/mol. The van der Waals surface area contributed by atoms with Gasteiger partial charge >= 0.3 is 0 Å². The number of benzene rings is 1. The molecular formula is C19H26O2. The van der Waals surface area contributed by atoms with Crippen molar-refractivity contribution in [1.82, 2.24) is 0 Å². The first kappa shape index (κ1) is 14.6. The molecule has 0 N–H and O–H groups in total. The molecule has 1 heterocycles. The van der Waals surface area contributed by atoms with E-state index in [9.17, 15) is 4.79 Å². The molecule has 0 spiro atoms. The van der Waals surface area contributed by atoms with Crippen molar-refractivity contribution in [3.05, 3.63) is 29.3 Å². The van der Waals surface area contributed by atoms with E-state index in [1.807, 2.05) is 12.1 Å². The molecule has 21 heavy (non-hydrogen) atoms. The van der Waals surface area contributed by atoms with E-state index in [-0.39, 0.29) is 5.92 Å². The lowest BCUT2D eigenvalue weighted by atomic mass is 9.68. The van der Waals surface area contributed by atoms with Crippen LogP contribution in [0.25, 0.3) is 0 Å².